The molecule has 2 saturated heterocycles. The number of alkyl carbamates (subject to hydrolysis) is 1. The van der Waals surface area contributed by atoms with Crippen LogP contribution in [0.5, 0.6) is 0 Å². The number of hydrogen-bond donors (Lipinski definition) is 4. The van der Waals surface area contributed by atoms with E-state index in [1.165, 1.54) is 13.5 Å². The zero-order valence-electron chi connectivity index (χ0n) is 26.6. The maximum absolute atomic E-state index is 13.9. The maximum atomic E-state index is 13.9. The lowest BCUT2D eigenvalue weighted by Gasteiger charge is -2.31. The van der Waals surface area contributed by atoms with Crippen LogP contribution in [0.4, 0.5) is 4.79 Å². The lowest BCUT2D eigenvalue weighted by Crippen LogP contribution is -2.51. The second-order valence-corrected chi connectivity index (χ2v) is 13.1. The van der Waals surface area contributed by atoms with Gasteiger partial charge < -0.3 is 30.2 Å². The van der Waals surface area contributed by atoms with E-state index < -0.39 is 12.1 Å². The molecule has 3 fully saturated rings. The fourth-order valence-corrected chi connectivity index (χ4v) is 7.73. The van der Waals surface area contributed by atoms with Gasteiger partial charge in [0.25, 0.3) is 0 Å². The molecule has 11 nitrogen and oxygen atoms in total. The van der Waals surface area contributed by atoms with Crippen molar-refractivity contribution in [2.45, 2.75) is 69.5 Å². The van der Waals surface area contributed by atoms with E-state index in [1.54, 1.807) is 0 Å². The molecule has 1 saturated carbocycles. The Morgan fingerprint density at radius 3 is 2.49 bits per heavy atom. The van der Waals surface area contributed by atoms with Crippen molar-refractivity contribution in [3.05, 3.63) is 66.4 Å². The van der Waals surface area contributed by atoms with Crippen LogP contribution in [0.3, 0.4) is 0 Å². The molecule has 4 N–H and O–H groups in total. The van der Waals surface area contributed by atoms with E-state index in [2.05, 4.69) is 62.0 Å². The molecular formula is C36H40N8O3. The number of aromatic amines is 2. The van der Waals surface area contributed by atoms with Crippen LogP contribution >= 0.6 is 0 Å². The SMILES string of the molecule is COC(=O)N[C@H](C(=O)N1CCC[C@H]1c1nc2nc(-c3ccc4cc(-c5cnc([C@@H]6CCCN6)[nH]5)ccc4c3)ccc2[nH]1)C1CCCC1. The van der Waals surface area contributed by atoms with Crippen molar-refractivity contribution in [1.29, 1.82) is 0 Å². The molecule has 0 unspecified atom stereocenters. The number of pyridine rings is 1. The first-order chi connectivity index (χ1) is 23.0. The molecule has 242 valence electrons. The summed E-state index contributed by atoms with van der Waals surface area (Å²) in [6, 6.07) is 16.4. The Hall–Kier alpha value is -4.77. The van der Waals surface area contributed by atoms with Gasteiger partial charge in [-0.1, -0.05) is 37.1 Å². The average Bonchev–Trinajstić information content (AvgIpc) is 3.95. The van der Waals surface area contributed by atoms with Crippen LogP contribution in [0.25, 0.3) is 44.5 Å². The molecule has 47 heavy (non-hydrogen) atoms. The van der Waals surface area contributed by atoms with Gasteiger partial charge in [-0.15, -0.1) is 0 Å². The zero-order valence-corrected chi connectivity index (χ0v) is 26.6. The molecule has 3 atom stereocenters. The number of amides is 2. The number of likely N-dealkylation sites (tertiary alicyclic amines) is 1. The van der Waals surface area contributed by atoms with Crippen molar-refractivity contribution < 1.29 is 14.3 Å². The number of carbonyl (C=O) groups is 2. The quantitative estimate of drug-likeness (QED) is 0.168. The summed E-state index contributed by atoms with van der Waals surface area (Å²) in [5, 5.41) is 8.62. The summed E-state index contributed by atoms with van der Waals surface area (Å²) in [5.41, 5.74) is 5.45. The third kappa shape index (κ3) is 5.73. The molecule has 11 heteroatoms. The summed E-state index contributed by atoms with van der Waals surface area (Å²) in [5.74, 6) is 1.80. The second-order valence-electron chi connectivity index (χ2n) is 13.1. The normalized spacial score (nSPS) is 20.7. The number of methoxy groups -OCH3 is 1. The number of nitrogens with one attached hydrogen (secondary N) is 4. The number of carbonyl (C=O) groups excluding carboxylic acids is 2. The Labute approximate surface area is 272 Å². The number of benzene rings is 2. The van der Waals surface area contributed by atoms with Crippen molar-refractivity contribution in [2.24, 2.45) is 5.92 Å². The molecule has 5 aromatic rings. The summed E-state index contributed by atoms with van der Waals surface area (Å²) in [6.45, 7) is 1.67. The molecular weight excluding hydrogens is 592 g/mol. The fourth-order valence-electron chi connectivity index (χ4n) is 7.73. The second kappa shape index (κ2) is 12.4. The van der Waals surface area contributed by atoms with Crippen molar-refractivity contribution in [1.82, 2.24) is 40.5 Å². The first kappa shape index (κ1) is 29.6. The third-order valence-electron chi connectivity index (χ3n) is 10.2. The molecule has 0 radical (unpaired) electrons. The van der Waals surface area contributed by atoms with Crippen molar-refractivity contribution in [3.63, 3.8) is 0 Å². The number of nitrogens with zero attached hydrogens (tertiary/aromatic N) is 4. The zero-order chi connectivity index (χ0) is 31.9. The maximum Gasteiger partial charge on any atom is 0.407 e. The van der Waals surface area contributed by atoms with Crippen LogP contribution in [0.15, 0.2) is 54.7 Å². The molecule has 2 amide bonds. The van der Waals surface area contributed by atoms with E-state index in [9.17, 15) is 9.59 Å². The summed E-state index contributed by atoms with van der Waals surface area (Å²) in [6.07, 6.45) is 9.33. The number of fused-ring (bicyclic) bond motifs is 2. The standard InChI is InChI=1S/C36H40N8O3/c1-47-36(46)42-31(21-6-2-3-7-21)35(45)44-17-5-9-30(44)34-40-28-15-14-26(39-33(28)43-34)24-12-10-23-19-25(13-11-22(23)18-24)29-20-38-32(41-29)27-8-4-16-37-27/h10-15,18-21,27,30-31,37H,2-9,16-17H2,1H3,(H,38,41)(H,42,46)(H,39,40,43)/t27-,30-,31-/m0/s1. The van der Waals surface area contributed by atoms with Crippen LogP contribution in [0.1, 0.15) is 75.1 Å². The van der Waals surface area contributed by atoms with Crippen LogP contribution in [0.2, 0.25) is 0 Å². The highest BCUT2D eigenvalue weighted by molar-refractivity contribution is 5.91. The van der Waals surface area contributed by atoms with E-state index in [1.807, 2.05) is 23.2 Å². The first-order valence-corrected chi connectivity index (χ1v) is 16.9. The van der Waals surface area contributed by atoms with Gasteiger partial charge in [0, 0.05) is 17.7 Å². The van der Waals surface area contributed by atoms with Crippen molar-refractivity contribution in [3.8, 4) is 22.5 Å². The van der Waals surface area contributed by atoms with E-state index >= 15 is 0 Å². The van der Waals surface area contributed by atoms with Gasteiger partial charge in [-0.25, -0.2) is 19.7 Å². The lowest BCUT2D eigenvalue weighted by molar-refractivity contribution is -0.135. The summed E-state index contributed by atoms with van der Waals surface area (Å²) in [4.78, 5) is 49.3. The number of imidazole rings is 2. The highest BCUT2D eigenvalue weighted by atomic mass is 16.5. The minimum absolute atomic E-state index is 0.0583. The smallest absolute Gasteiger partial charge is 0.407 e. The van der Waals surface area contributed by atoms with Gasteiger partial charge in [-0.05, 0) is 86.0 Å². The molecule has 3 aromatic heterocycles. The minimum atomic E-state index is -0.588. The number of aromatic nitrogens is 5. The van der Waals surface area contributed by atoms with E-state index in [4.69, 9.17) is 14.7 Å². The van der Waals surface area contributed by atoms with Gasteiger partial charge in [0.05, 0.1) is 42.3 Å². The molecule has 3 aliphatic rings. The Balaban J connectivity index is 1.02. The van der Waals surface area contributed by atoms with Gasteiger partial charge in [0.2, 0.25) is 5.91 Å². The van der Waals surface area contributed by atoms with Gasteiger partial charge in [-0.2, -0.15) is 0 Å². The Morgan fingerprint density at radius 1 is 0.894 bits per heavy atom. The van der Waals surface area contributed by atoms with Crippen molar-refractivity contribution in [2.75, 3.05) is 20.2 Å². The molecule has 2 aliphatic heterocycles. The van der Waals surface area contributed by atoms with Gasteiger partial charge in [0.1, 0.15) is 17.7 Å². The minimum Gasteiger partial charge on any atom is -0.453 e. The predicted molar refractivity (Wildman–Crippen MR) is 179 cm³/mol. The number of H-pyrrole nitrogens is 2. The molecule has 0 bridgehead atoms. The van der Waals surface area contributed by atoms with Gasteiger partial charge in [-0.3, -0.25) is 4.79 Å². The van der Waals surface area contributed by atoms with Gasteiger partial charge >= 0.3 is 6.09 Å². The number of ether oxygens (including phenoxy) is 1. The predicted octanol–water partition coefficient (Wildman–Crippen LogP) is 6.17. The highest BCUT2D eigenvalue weighted by Gasteiger charge is 2.40. The molecule has 8 rings (SSSR count). The van der Waals surface area contributed by atoms with Crippen LogP contribution in [-0.4, -0.2) is 68.1 Å². The monoisotopic (exact) mass is 632 g/mol. The topological polar surface area (TPSA) is 141 Å². The van der Waals surface area contributed by atoms with E-state index in [-0.39, 0.29) is 17.9 Å². The summed E-state index contributed by atoms with van der Waals surface area (Å²) < 4.78 is 4.86. The first-order valence-electron chi connectivity index (χ1n) is 16.9. The van der Waals surface area contributed by atoms with E-state index in [0.717, 1.165) is 102 Å². The average molecular weight is 633 g/mol. The molecule has 2 aromatic carbocycles. The Kier molecular flexibility index (Phi) is 7.84. The highest BCUT2D eigenvalue weighted by Crippen LogP contribution is 2.36. The largest absolute Gasteiger partial charge is 0.453 e. The third-order valence-corrected chi connectivity index (χ3v) is 10.2. The Morgan fingerprint density at radius 2 is 1.70 bits per heavy atom. The summed E-state index contributed by atoms with van der Waals surface area (Å²) in [7, 11) is 1.33. The van der Waals surface area contributed by atoms with Crippen LogP contribution in [0, 0.1) is 5.92 Å². The lowest BCUT2D eigenvalue weighted by atomic mass is 9.96. The van der Waals surface area contributed by atoms with Crippen LogP contribution < -0.4 is 10.6 Å². The fraction of sp³-hybridized carbons (Fsp3) is 0.417. The Bertz CT molecular complexity index is 1940. The molecule has 5 heterocycles. The van der Waals surface area contributed by atoms with E-state index in [0.29, 0.717) is 18.2 Å². The number of hydrogen-bond acceptors (Lipinski definition) is 7. The van der Waals surface area contributed by atoms with Crippen LogP contribution in [-0.2, 0) is 9.53 Å². The molecule has 0 spiro atoms. The summed E-state index contributed by atoms with van der Waals surface area (Å²) >= 11 is 0. The molecule has 1 aliphatic carbocycles. The number of rotatable bonds is 7. The van der Waals surface area contributed by atoms with Crippen molar-refractivity contribution >= 4 is 33.9 Å². The van der Waals surface area contributed by atoms with Gasteiger partial charge in [0.15, 0.2) is 5.65 Å².